The molecule has 1 aliphatic carbocycles. The molecule has 3 rings (SSSR count). The highest BCUT2D eigenvalue weighted by Gasteiger charge is 2.22. The minimum Gasteiger partial charge on any atom is -0.489 e. The molecule has 1 aromatic carbocycles. The summed E-state index contributed by atoms with van der Waals surface area (Å²) in [4.78, 5) is 14.7. The number of piperidine rings is 1. The minimum atomic E-state index is -0.0434. The summed E-state index contributed by atoms with van der Waals surface area (Å²) in [6.45, 7) is 6.73. The highest BCUT2D eigenvalue weighted by atomic mass is 35.5. The van der Waals surface area contributed by atoms with Crippen molar-refractivity contribution in [2.75, 3.05) is 19.6 Å². The Morgan fingerprint density at radius 2 is 2.00 bits per heavy atom. The van der Waals surface area contributed by atoms with E-state index in [-0.39, 0.29) is 12.0 Å². The molecule has 0 spiro atoms. The zero-order valence-corrected chi connectivity index (χ0v) is 15.4. The second-order valence-corrected chi connectivity index (χ2v) is 7.41. The summed E-state index contributed by atoms with van der Waals surface area (Å²) >= 11 is 6.36. The number of rotatable bonds is 6. The van der Waals surface area contributed by atoms with Gasteiger partial charge in [-0.25, -0.2) is 0 Å². The molecular weight excluding hydrogens is 336 g/mol. The second-order valence-electron chi connectivity index (χ2n) is 7.01. The maximum Gasteiger partial charge on any atom is 0.251 e. The molecule has 0 atom stereocenters. The van der Waals surface area contributed by atoms with Gasteiger partial charge >= 0.3 is 0 Å². The fraction of sp³-hybridized carbons (Fsp3) is 0.550. The Morgan fingerprint density at radius 3 is 2.64 bits per heavy atom. The highest BCUT2D eigenvalue weighted by Crippen LogP contribution is 2.29. The monoisotopic (exact) mass is 362 g/mol. The molecule has 2 fully saturated rings. The van der Waals surface area contributed by atoms with Crippen LogP contribution in [0.5, 0.6) is 5.75 Å². The van der Waals surface area contributed by atoms with Crippen molar-refractivity contribution >= 4 is 17.5 Å². The first kappa shape index (κ1) is 18.3. The quantitative estimate of drug-likeness (QED) is 0.776. The van der Waals surface area contributed by atoms with Crippen molar-refractivity contribution in [3.63, 3.8) is 0 Å². The van der Waals surface area contributed by atoms with Gasteiger partial charge in [0.15, 0.2) is 0 Å². The average Bonchev–Trinajstić information content (AvgIpc) is 3.11. The van der Waals surface area contributed by atoms with Crippen LogP contribution >= 0.6 is 11.6 Å². The summed E-state index contributed by atoms with van der Waals surface area (Å²) in [5.41, 5.74) is 0.602. The number of halogens is 1. The minimum absolute atomic E-state index is 0.0434. The Labute approximate surface area is 155 Å². The van der Waals surface area contributed by atoms with E-state index in [0.29, 0.717) is 22.4 Å². The van der Waals surface area contributed by atoms with E-state index in [1.54, 1.807) is 12.1 Å². The van der Waals surface area contributed by atoms with Gasteiger partial charge in [0.25, 0.3) is 5.91 Å². The van der Waals surface area contributed by atoms with Crippen molar-refractivity contribution in [1.82, 2.24) is 10.2 Å². The molecule has 2 aliphatic rings. The first-order chi connectivity index (χ1) is 12.2. The number of hydrogen-bond donors (Lipinski definition) is 1. The molecule has 0 bridgehead atoms. The molecule has 4 nitrogen and oxygen atoms in total. The summed E-state index contributed by atoms with van der Waals surface area (Å²) in [6.07, 6.45) is 8.62. The van der Waals surface area contributed by atoms with Crippen molar-refractivity contribution < 1.29 is 9.53 Å². The van der Waals surface area contributed by atoms with Gasteiger partial charge in [-0.15, -0.1) is 6.58 Å². The van der Waals surface area contributed by atoms with E-state index < -0.39 is 0 Å². The first-order valence-corrected chi connectivity index (χ1v) is 9.64. The lowest BCUT2D eigenvalue weighted by molar-refractivity contribution is 0.0937. The Bertz CT molecular complexity index is 606. The van der Waals surface area contributed by atoms with Gasteiger partial charge in [0.1, 0.15) is 11.9 Å². The Kier molecular flexibility index (Phi) is 6.38. The van der Waals surface area contributed by atoms with Crippen LogP contribution in [0.1, 0.15) is 48.9 Å². The maximum absolute atomic E-state index is 12.3. The van der Waals surface area contributed by atoms with E-state index in [4.69, 9.17) is 16.3 Å². The molecule has 1 N–H and O–H groups in total. The second kappa shape index (κ2) is 8.72. The zero-order chi connectivity index (χ0) is 17.6. The predicted octanol–water partition coefficient (Wildman–Crippen LogP) is 4.04. The molecule has 1 heterocycles. The predicted molar refractivity (Wildman–Crippen MR) is 101 cm³/mol. The Balaban J connectivity index is 1.55. The van der Waals surface area contributed by atoms with Crippen LogP contribution in [0.3, 0.4) is 0 Å². The molecule has 1 aliphatic heterocycles. The van der Waals surface area contributed by atoms with Gasteiger partial charge in [0.05, 0.1) is 5.02 Å². The van der Waals surface area contributed by atoms with Crippen LogP contribution in [0.25, 0.3) is 0 Å². The van der Waals surface area contributed by atoms with Gasteiger partial charge in [0.2, 0.25) is 0 Å². The maximum atomic E-state index is 12.3. The number of hydrogen-bond acceptors (Lipinski definition) is 3. The molecule has 1 amide bonds. The van der Waals surface area contributed by atoms with E-state index in [0.717, 1.165) is 45.3 Å². The summed E-state index contributed by atoms with van der Waals surface area (Å²) in [7, 11) is 0. The van der Waals surface area contributed by atoms with Crippen LogP contribution in [0.2, 0.25) is 5.02 Å². The van der Waals surface area contributed by atoms with Crippen molar-refractivity contribution in [3.05, 3.63) is 41.4 Å². The molecular formula is C20H27ClN2O2. The van der Waals surface area contributed by atoms with Crippen LogP contribution in [-0.2, 0) is 0 Å². The van der Waals surface area contributed by atoms with Crippen LogP contribution in [0.4, 0.5) is 0 Å². The molecule has 1 saturated carbocycles. The first-order valence-electron chi connectivity index (χ1n) is 9.26. The molecule has 1 saturated heterocycles. The fourth-order valence-electron chi connectivity index (χ4n) is 3.65. The lowest BCUT2D eigenvalue weighted by Crippen LogP contribution is -2.38. The molecule has 25 heavy (non-hydrogen) atoms. The third kappa shape index (κ3) is 4.99. The molecule has 1 aromatic rings. The van der Waals surface area contributed by atoms with Gasteiger partial charge in [-0.3, -0.25) is 9.69 Å². The topological polar surface area (TPSA) is 41.6 Å². The molecule has 5 heteroatoms. The van der Waals surface area contributed by atoms with Gasteiger partial charge < -0.3 is 10.1 Å². The standard InChI is InChI=1S/C20H27ClN2O2/c1-2-11-23-12-9-17(10-13-23)25-19-8-7-15(14-18(19)21)20(24)22-16-5-3-4-6-16/h2,7-8,14,16-17H,1,3-6,9-13H2,(H,22,24). The number of likely N-dealkylation sites (tertiary alicyclic amines) is 1. The Morgan fingerprint density at radius 1 is 1.28 bits per heavy atom. The van der Waals surface area contributed by atoms with Gasteiger partial charge in [-0.05, 0) is 43.9 Å². The molecule has 0 unspecified atom stereocenters. The summed E-state index contributed by atoms with van der Waals surface area (Å²) in [5.74, 6) is 0.624. The van der Waals surface area contributed by atoms with Crippen LogP contribution in [0.15, 0.2) is 30.9 Å². The molecule has 136 valence electrons. The van der Waals surface area contributed by atoms with E-state index >= 15 is 0 Å². The number of benzene rings is 1. The fourth-order valence-corrected chi connectivity index (χ4v) is 3.87. The lowest BCUT2D eigenvalue weighted by atomic mass is 10.1. The molecule has 0 aromatic heterocycles. The van der Waals surface area contributed by atoms with Crippen LogP contribution in [0, 0.1) is 0 Å². The average molecular weight is 363 g/mol. The zero-order valence-electron chi connectivity index (χ0n) is 14.7. The Hall–Kier alpha value is -1.52. The highest BCUT2D eigenvalue weighted by molar-refractivity contribution is 6.32. The number of nitrogens with zero attached hydrogens (tertiary/aromatic N) is 1. The number of ether oxygens (including phenoxy) is 1. The molecule has 0 radical (unpaired) electrons. The van der Waals surface area contributed by atoms with Crippen molar-refractivity contribution in [1.29, 1.82) is 0 Å². The van der Waals surface area contributed by atoms with Crippen LogP contribution in [-0.4, -0.2) is 42.6 Å². The van der Waals surface area contributed by atoms with Gasteiger partial charge in [0, 0.05) is 31.2 Å². The van der Waals surface area contributed by atoms with Crippen LogP contribution < -0.4 is 10.1 Å². The largest absolute Gasteiger partial charge is 0.489 e. The van der Waals surface area contributed by atoms with E-state index in [2.05, 4.69) is 16.8 Å². The van der Waals surface area contributed by atoms with Crippen molar-refractivity contribution in [2.24, 2.45) is 0 Å². The summed E-state index contributed by atoms with van der Waals surface area (Å²) in [5, 5.41) is 3.60. The lowest BCUT2D eigenvalue weighted by Gasteiger charge is -2.31. The van der Waals surface area contributed by atoms with E-state index in [9.17, 15) is 4.79 Å². The number of carbonyl (C=O) groups is 1. The van der Waals surface area contributed by atoms with Crippen molar-refractivity contribution in [3.8, 4) is 5.75 Å². The number of carbonyl (C=O) groups excluding carboxylic acids is 1. The number of amides is 1. The van der Waals surface area contributed by atoms with E-state index in [1.165, 1.54) is 12.8 Å². The third-order valence-corrected chi connectivity index (χ3v) is 5.40. The SMILES string of the molecule is C=CCN1CCC(Oc2ccc(C(=O)NC3CCCC3)cc2Cl)CC1. The third-order valence-electron chi connectivity index (χ3n) is 5.10. The van der Waals surface area contributed by atoms with Gasteiger partial charge in [-0.1, -0.05) is 30.5 Å². The van der Waals surface area contributed by atoms with Crippen molar-refractivity contribution in [2.45, 2.75) is 50.7 Å². The smallest absolute Gasteiger partial charge is 0.251 e. The van der Waals surface area contributed by atoms with E-state index in [1.807, 2.05) is 12.1 Å². The summed E-state index contributed by atoms with van der Waals surface area (Å²) < 4.78 is 6.06. The number of nitrogens with one attached hydrogen (secondary N) is 1. The normalized spacial score (nSPS) is 19.7. The van der Waals surface area contributed by atoms with Gasteiger partial charge in [-0.2, -0.15) is 0 Å². The summed E-state index contributed by atoms with van der Waals surface area (Å²) in [6, 6.07) is 5.65.